The van der Waals surface area contributed by atoms with Crippen molar-refractivity contribution in [2.45, 2.75) is 58.4 Å². The Kier molecular flexibility index (Phi) is 6.04. The van der Waals surface area contributed by atoms with Crippen LogP contribution in [-0.2, 0) is 4.79 Å². The molecule has 2 aliphatic rings. The summed E-state index contributed by atoms with van der Waals surface area (Å²) in [7, 11) is 0. The molecular formula is C22H31N3O2S. The van der Waals surface area contributed by atoms with Crippen LogP contribution in [0.15, 0.2) is 18.2 Å². The quantitative estimate of drug-likeness (QED) is 0.795. The van der Waals surface area contributed by atoms with Crippen molar-refractivity contribution in [1.82, 2.24) is 10.3 Å². The minimum Gasteiger partial charge on any atom is -0.494 e. The van der Waals surface area contributed by atoms with Gasteiger partial charge in [0.25, 0.3) is 0 Å². The van der Waals surface area contributed by atoms with E-state index in [9.17, 15) is 4.79 Å². The molecule has 1 aromatic carbocycles. The Balaban J connectivity index is 1.43. The van der Waals surface area contributed by atoms with Crippen LogP contribution in [0, 0.1) is 11.8 Å². The Labute approximate surface area is 171 Å². The van der Waals surface area contributed by atoms with E-state index in [-0.39, 0.29) is 11.8 Å². The van der Waals surface area contributed by atoms with E-state index in [4.69, 9.17) is 9.72 Å². The molecule has 0 spiro atoms. The van der Waals surface area contributed by atoms with Gasteiger partial charge in [-0.1, -0.05) is 31.1 Å². The lowest BCUT2D eigenvalue weighted by Gasteiger charge is -2.35. The van der Waals surface area contributed by atoms with Crippen molar-refractivity contribution in [2.24, 2.45) is 11.8 Å². The van der Waals surface area contributed by atoms with E-state index in [1.807, 2.05) is 19.1 Å². The van der Waals surface area contributed by atoms with Crippen LogP contribution in [-0.4, -0.2) is 36.6 Å². The molecule has 1 aliphatic heterocycles. The van der Waals surface area contributed by atoms with Crippen LogP contribution in [0.3, 0.4) is 0 Å². The van der Waals surface area contributed by atoms with Gasteiger partial charge in [0, 0.05) is 19.1 Å². The molecule has 4 rings (SSSR count). The molecule has 28 heavy (non-hydrogen) atoms. The van der Waals surface area contributed by atoms with Crippen LogP contribution in [0.25, 0.3) is 10.2 Å². The maximum absolute atomic E-state index is 12.9. The van der Waals surface area contributed by atoms with Gasteiger partial charge >= 0.3 is 0 Å². The van der Waals surface area contributed by atoms with Gasteiger partial charge in [0.1, 0.15) is 5.75 Å². The number of carbonyl (C=O) groups excluding carboxylic acids is 1. The number of fused-ring (bicyclic) bond motifs is 1. The van der Waals surface area contributed by atoms with Crippen molar-refractivity contribution < 1.29 is 9.53 Å². The zero-order chi connectivity index (χ0) is 19.5. The smallest absolute Gasteiger partial charge is 0.225 e. The van der Waals surface area contributed by atoms with Crippen molar-refractivity contribution in [1.29, 1.82) is 0 Å². The summed E-state index contributed by atoms with van der Waals surface area (Å²) in [5.41, 5.74) is 1.01. The number of hydrogen-bond acceptors (Lipinski definition) is 5. The van der Waals surface area contributed by atoms with Crippen LogP contribution in [0.1, 0.15) is 52.4 Å². The maximum Gasteiger partial charge on any atom is 0.225 e. The molecule has 1 saturated carbocycles. The number of amides is 1. The van der Waals surface area contributed by atoms with Crippen molar-refractivity contribution in [3.8, 4) is 5.75 Å². The lowest BCUT2D eigenvalue weighted by Crippen LogP contribution is -2.48. The average Bonchev–Trinajstić information content (AvgIpc) is 3.13. The first-order chi connectivity index (χ1) is 13.6. The van der Waals surface area contributed by atoms with Crippen LogP contribution >= 0.6 is 11.3 Å². The highest BCUT2D eigenvalue weighted by atomic mass is 32.1. The lowest BCUT2D eigenvalue weighted by atomic mass is 9.85. The zero-order valence-electron chi connectivity index (χ0n) is 16.9. The largest absolute Gasteiger partial charge is 0.494 e. The SMILES string of the molecule is CCOc1ccc2nc(N3CCC[C@H](C(=O)N[C@@H]4CCCC[C@@H]4C)C3)sc2c1. The molecule has 0 radical (unpaired) electrons. The molecule has 1 amide bonds. The normalized spacial score (nSPS) is 25.6. The van der Waals surface area contributed by atoms with Crippen LogP contribution in [0.4, 0.5) is 5.13 Å². The van der Waals surface area contributed by atoms with E-state index < -0.39 is 0 Å². The van der Waals surface area contributed by atoms with Gasteiger partial charge in [0.2, 0.25) is 5.91 Å². The minimum atomic E-state index is 0.0638. The van der Waals surface area contributed by atoms with Gasteiger partial charge < -0.3 is 15.0 Å². The first kappa shape index (κ1) is 19.5. The fraction of sp³-hybridized carbons (Fsp3) is 0.636. The first-order valence-electron chi connectivity index (χ1n) is 10.7. The Morgan fingerprint density at radius 3 is 2.96 bits per heavy atom. The average molecular weight is 402 g/mol. The van der Waals surface area contributed by atoms with Crippen LogP contribution in [0.2, 0.25) is 0 Å². The number of ether oxygens (including phenoxy) is 1. The van der Waals surface area contributed by atoms with E-state index in [0.717, 1.165) is 53.4 Å². The molecule has 3 atom stereocenters. The fourth-order valence-electron chi connectivity index (χ4n) is 4.48. The Morgan fingerprint density at radius 2 is 2.14 bits per heavy atom. The van der Waals surface area contributed by atoms with Gasteiger partial charge in [0.15, 0.2) is 5.13 Å². The second-order valence-corrected chi connectivity index (χ2v) is 9.23. The molecule has 152 valence electrons. The number of thiazole rings is 1. The second-order valence-electron chi connectivity index (χ2n) is 8.22. The number of anilines is 1. The molecule has 1 aliphatic carbocycles. The van der Waals surface area contributed by atoms with Gasteiger partial charge in [-0.3, -0.25) is 4.79 Å². The molecule has 0 unspecified atom stereocenters. The molecule has 1 N–H and O–H groups in total. The zero-order valence-corrected chi connectivity index (χ0v) is 17.8. The summed E-state index contributed by atoms with van der Waals surface area (Å²) in [6, 6.07) is 6.43. The summed E-state index contributed by atoms with van der Waals surface area (Å²) in [6.45, 7) is 6.68. The number of carbonyl (C=O) groups is 1. The Morgan fingerprint density at radius 1 is 1.29 bits per heavy atom. The molecule has 1 aromatic heterocycles. The fourth-order valence-corrected chi connectivity index (χ4v) is 5.51. The van der Waals surface area contributed by atoms with Crippen LogP contribution < -0.4 is 15.0 Å². The van der Waals surface area contributed by atoms with Crippen molar-refractivity contribution in [3.05, 3.63) is 18.2 Å². The first-order valence-corrected chi connectivity index (χ1v) is 11.5. The standard InChI is InChI=1S/C22H31N3O2S/c1-3-27-17-10-11-19-20(13-17)28-22(24-19)25-12-6-8-16(14-25)21(26)23-18-9-5-4-7-15(18)2/h10-11,13,15-16,18H,3-9,12,14H2,1-2H3,(H,23,26)/t15-,16-,18+/m0/s1. The Bertz CT molecular complexity index is 821. The predicted octanol–water partition coefficient (Wildman–Crippen LogP) is 4.61. The van der Waals surface area contributed by atoms with Crippen molar-refractivity contribution >= 4 is 32.6 Å². The van der Waals surface area contributed by atoms with Gasteiger partial charge in [-0.05, 0) is 56.7 Å². The monoisotopic (exact) mass is 401 g/mol. The van der Waals surface area contributed by atoms with Gasteiger partial charge in [-0.25, -0.2) is 4.98 Å². The molecule has 2 fully saturated rings. The summed E-state index contributed by atoms with van der Waals surface area (Å²) in [6.07, 6.45) is 6.91. The number of nitrogens with one attached hydrogen (secondary N) is 1. The summed E-state index contributed by atoms with van der Waals surface area (Å²) in [5, 5.41) is 4.38. The summed E-state index contributed by atoms with van der Waals surface area (Å²) in [4.78, 5) is 20.0. The highest BCUT2D eigenvalue weighted by molar-refractivity contribution is 7.22. The molecule has 6 heteroatoms. The number of hydrogen-bond donors (Lipinski definition) is 1. The second kappa shape index (κ2) is 8.68. The van der Waals surface area contributed by atoms with E-state index in [1.165, 1.54) is 19.3 Å². The summed E-state index contributed by atoms with van der Waals surface area (Å²) in [5.74, 6) is 1.79. The summed E-state index contributed by atoms with van der Waals surface area (Å²) >= 11 is 1.70. The van der Waals surface area contributed by atoms with Crippen molar-refractivity contribution in [3.63, 3.8) is 0 Å². The van der Waals surface area contributed by atoms with E-state index >= 15 is 0 Å². The molecule has 0 bridgehead atoms. The molecular weight excluding hydrogens is 370 g/mol. The predicted molar refractivity (Wildman–Crippen MR) is 115 cm³/mol. The van der Waals surface area contributed by atoms with E-state index in [2.05, 4.69) is 23.2 Å². The maximum atomic E-state index is 12.9. The number of rotatable bonds is 5. The number of aromatic nitrogens is 1. The number of piperidine rings is 1. The van der Waals surface area contributed by atoms with Crippen molar-refractivity contribution in [2.75, 3.05) is 24.6 Å². The Hall–Kier alpha value is -1.82. The lowest BCUT2D eigenvalue weighted by molar-refractivity contribution is -0.126. The van der Waals surface area contributed by atoms with E-state index in [1.54, 1.807) is 11.3 Å². The summed E-state index contributed by atoms with van der Waals surface area (Å²) < 4.78 is 6.75. The third-order valence-corrected chi connectivity index (χ3v) is 7.24. The van der Waals surface area contributed by atoms with Crippen LogP contribution in [0.5, 0.6) is 5.75 Å². The molecule has 1 saturated heterocycles. The number of benzene rings is 1. The van der Waals surface area contributed by atoms with E-state index in [0.29, 0.717) is 18.6 Å². The van der Waals surface area contributed by atoms with Gasteiger partial charge in [0.05, 0.1) is 22.7 Å². The highest BCUT2D eigenvalue weighted by Crippen LogP contribution is 2.34. The topological polar surface area (TPSA) is 54.5 Å². The molecule has 5 nitrogen and oxygen atoms in total. The molecule has 2 aromatic rings. The number of nitrogens with zero attached hydrogens (tertiary/aromatic N) is 2. The molecule has 2 heterocycles. The van der Waals surface area contributed by atoms with Gasteiger partial charge in [-0.15, -0.1) is 0 Å². The highest BCUT2D eigenvalue weighted by Gasteiger charge is 2.30. The minimum absolute atomic E-state index is 0.0638. The third-order valence-electron chi connectivity index (χ3n) is 6.16. The van der Waals surface area contributed by atoms with Gasteiger partial charge in [-0.2, -0.15) is 0 Å². The third kappa shape index (κ3) is 4.27.